The lowest BCUT2D eigenvalue weighted by Gasteiger charge is -2.29. The number of aromatic nitrogens is 2. The van der Waals surface area contributed by atoms with Gasteiger partial charge in [0.25, 0.3) is 0 Å². The van der Waals surface area contributed by atoms with Crippen LogP contribution in [0.4, 0.5) is 28.8 Å². The highest BCUT2D eigenvalue weighted by atomic mass is 32.2. The number of likely N-dealkylation sites (N-methyl/N-ethyl adjacent to an activating group) is 1. The molecule has 2 aliphatic rings. The molecule has 4 heterocycles. The number of carbonyl (C=O) groups is 1. The number of thiophene rings is 1. The monoisotopic (exact) mass is 514 g/mol. The summed E-state index contributed by atoms with van der Waals surface area (Å²) >= 11 is 1.54. The Kier molecular flexibility index (Phi) is 6.21. The molecular weight excluding hydrogens is 488 g/mol. The lowest BCUT2D eigenvalue weighted by Crippen LogP contribution is -2.39. The van der Waals surface area contributed by atoms with E-state index < -0.39 is 16.1 Å². The Morgan fingerprint density at radius 2 is 1.77 bits per heavy atom. The molecule has 10 nitrogen and oxygen atoms in total. The quantitative estimate of drug-likeness (QED) is 0.546. The van der Waals surface area contributed by atoms with Gasteiger partial charge in [0.2, 0.25) is 21.9 Å². The Morgan fingerprint density at radius 3 is 2.49 bits per heavy atom. The van der Waals surface area contributed by atoms with Crippen LogP contribution in [0.1, 0.15) is 17.7 Å². The van der Waals surface area contributed by atoms with Crippen molar-refractivity contribution in [1.29, 1.82) is 0 Å². The highest BCUT2D eigenvalue weighted by Gasteiger charge is 2.29. The molecule has 2 aliphatic heterocycles. The zero-order chi connectivity index (χ0) is 24.7. The molecule has 0 saturated carbocycles. The van der Waals surface area contributed by atoms with E-state index in [0.717, 1.165) is 10.6 Å². The average Bonchev–Trinajstić information content (AvgIpc) is 3.31. The molecule has 0 aliphatic carbocycles. The Balaban J connectivity index is 1.39. The molecule has 1 aromatic carbocycles. The minimum Gasteiger partial charge on any atom is -0.393 e. The van der Waals surface area contributed by atoms with Crippen LogP contribution in [-0.2, 0) is 21.2 Å². The van der Waals surface area contributed by atoms with Gasteiger partial charge in [0.1, 0.15) is 5.69 Å². The number of hydrogen-bond donors (Lipinski definition) is 2. The molecule has 0 atom stereocenters. The predicted octanol–water partition coefficient (Wildman–Crippen LogP) is 2.71. The lowest BCUT2D eigenvalue weighted by atomic mass is 10.1. The maximum absolute atomic E-state index is 12.9. The SMILES string of the molecule is CN1C(=O)Cc2sccc2N(C)c2nc(Nc3ccc(S(=O)(=O)N4CCC(O)CC4)cc3)ncc21. The van der Waals surface area contributed by atoms with E-state index in [4.69, 9.17) is 0 Å². The van der Waals surface area contributed by atoms with Crippen LogP contribution in [0.15, 0.2) is 46.8 Å². The molecule has 12 heteroatoms. The molecule has 0 spiro atoms. The number of anilines is 5. The Bertz CT molecular complexity index is 1350. The fourth-order valence-electron chi connectivity index (χ4n) is 4.25. The van der Waals surface area contributed by atoms with Crippen molar-refractivity contribution >= 4 is 56.1 Å². The number of nitrogens with zero attached hydrogens (tertiary/aromatic N) is 5. The number of rotatable bonds is 4. The molecule has 184 valence electrons. The Hall–Kier alpha value is -3.06. The second kappa shape index (κ2) is 9.19. The minimum atomic E-state index is -3.62. The van der Waals surface area contributed by atoms with Gasteiger partial charge in [-0.15, -0.1) is 11.3 Å². The van der Waals surface area contributed by atoms with Gasteiger partial charge >= 0.3 is 0 Å². The lowest BCUT2D eigenvalue weighted by molar-refractivity contribution is -0.117. The normalized spacial score (nSPS) is 17.5. The number of benzene rings is 1. The Morgan fingerprint density at radius 1 is 1.06 bits per heavy atom. The molecule has 0 radical (unpaired) electrons. The molecule has 2 aromatic heterocycles. The average molecular weight is 515 g/mol. The number of carbonyl (C=O) groups excluding carboxylic acids is 1. The van der Waals surface area contributed by atoms with E-state index in [1.165, 1.54) is 15.6 Å². The van der Waals surface area contributed by atoms with Crippen molar-refractivity contribution < 1.29 is 18.3 Å². The summed E-state index contributed by atoms with van der Waals surface area (Å²) in [5.74, 6) is 0.881. The summed E-state index contributed by atoms with van der Waals surface area (Å²) in [6.45, 7) is 0.617. The Labute approximate surface area is 207 Å². The van der Waals surface area contributed by atoms with E-state index in [-0.39, 0.29) is 10.8 Å². The van der Waals surface area contributed by atoms with Gasteiger partial charge in [-0.2, -0.15) is 9.29 Å². The van der Waals surface area contributed by atoms with E-state index >= 15 is 0 Å². The number of sulfonamides is 1. The molecule has 0 unspecified atom stereocenters. The second-order valence-corrected chi connectivity index (χ2v) is 11.5. The van der Waals surface area contributed by atoms with Crippen LogP contribution in [-0.4, -0.2) is 67.0 Å². The number of piperidine rings is 1. The fraction of sp³-hybridized carbons (Fsp3) is 0.348. The van der Waals surface area contributed by atoms with Gasteiger partial charge in [-0.3, -0.25) is 4.79 Å². The van der Waals surface area contributed by atoms with Crippen LogP contribution in [0.25, 0.3) is 0 Å². The molecule has 35 heavy (non-hydrogen) atoms. The van der Waals surface area contributed by atoms with Crippen LogP contribution in [0.2, 0.25) is 0 Å². The maximum Gasteiger partial charge on any atom is 0.243 e. The molecule has 3 aromatic rings. The summed E-state index contributed by atoms with van der Waals surface area (Å²) in [5.41, 5.74) is 2.17. The van der Waals surface area contributed by atoms with Gasteiger partial charge < -0.3 is 20.2 Å². The fourth-order valence-corrected chi connectivity index (χ4v) is 6.61. The van der Waals surface area contributed by atoms with Crippen LogP contribution in [0.3, 0.4) is 0 Å². The van der Waals surface area contributed by atoms with Crippen molar-refractivity contribution in [2.24, 2.45) is 0 Å². The molecule has 1 saturated heterocycles. The molecule has 5 rings (SSSR count). The number of amides is 1. The number of nitrogens with one attached hydrogen (secondary N) is 1. The molecular formula is C23H26N6O4S2. The number of hydrogen-bond acceptors (Lipinski definition) is 9. The highest BCUT2D eigenvalue weighted by Crippen LogP contribution is 2.38. The van der Waals surface area contributed by atoms with Crippen molar-refractivity contribution in [1.82, 2.24) is 14.3 Å². The van der Waals surface area contributed by atoms with Gasteiger partial charge in [0.05, 0.1) is 29.3 Å². The van der Waals surface area contributed by atoms with Gasteiger partial charge in [0, 0.05) is 37.7 Å². The summed E-state index contributed by atoms with van der Waals surface area (Å²) in [4.78, 5) is 26.4. The van der Waals surface area contributed by atoms with E-state index in [0.29, 0.717) is 55.5 Å². The maximum atomic E-state index is 12.9. The van der Waals surface area contributed by atoms with Crippen LogP contribution in [0, 0.1) is 0 Å². The zero-order valence-electron chi connectivity index (χ0n) is 19.4. The van der Waals surface area contributed by atoms with Crippen LogP contribution >= 0.6 is 11.3 Å². The minimum absolute atomic E-state index is 0.0348. The summed E-state index contributed by atoms with van der Waals surface area (Å²) in [6, 6.07) is 8.41. The van der Waals surface area contributed by atoms with Crippen molar-refractivity contribution in [2.45, 2.75) is 30.3 Å². The predicted molar refractivity (Wildman–Crippen MR) is 135 cm³/mol. The third-order valence-corrected chi connectivity index (χ3v) is 9.19. The van der Waals surface area contributed by atoms with Gasteiger partial charge in [-0.1, -0.05) is 0 Å². The van der Waals surface area contributed by atoms with Crippen molar-refractivity contribution in [3.63, 3.8) is 0 Å². The second-order valence-electron chi connectivity index (χ2n) is 8.60. The number of aliphatic hydroxyl groups excluding tert-OH is 1. The van der Waals surface area contributed by atoms with E-state index in [2.05, 4.69) is 15.3 Å². The third-order valence-electron chi connectivity index (χ3n) is 6.37. The van der Waals surface area contributed by atoms with Crippen molar-refractivity contribution in [2.75, 3.05) is 42.3 Å². The first-order valence-corrected chi connectivity index (χ1v) is 13.5. The molecule has 1 amide bonds. The van der Waals surface area contributed by atoms with Crippen LogP contribution < -0.4 is 15.1 Å². The molecule has 1 fully saturated rings. The molecule has 2 N–H and O–H groups in total. The van der Waals surface area contributed by atoms with Crippen LogP contribution in [0.5, 0.6) is 0 Å². The first-order chi connectivity index (χ1) is 16.7. The van der Waals surface area contributed by atoms with E-state index in [1.54, 1.807) is 42.4 Å². The molecule has 0 bridgehead atoms. The van der Waals surface area contributed by atoms with Crippen molar-refractivity contribution in [3.8, 4) is 0 Å². The largest absolute Gasteiger partial charge is 0.393 e. The smallest absolute Gasteiger partial charge is 0.243 e. The van der Waals surface area contributed by atoms with Gasteiger partial charge in [-0.05, 0) is 48.6 Å². The first-order valence-electron chi connectivity index (χ1n) is 11.2. The number of fused-ring (bicyclic) bond motifs is 2. The van der Waals surface area contributed by atoms with E-state index in [1.807, 2.05) is 23.4 Å². The highest BCUT2D eigenvalue weighted by molar-refractivity contribution is 7.89. The van der Waals surface area contributed by atoms with Crippen molar-refractivity contribution in [3.05, 3.63) is 46.8 Å². The zero-order valence-corrected chi connectivity index (χ0v) is 21.0. The third kappa shape index (κ3) is 4.49. The summed E-state index contributed by atoms with van der Waals surface area (Å²) in [5, 5.41) is 14.7. The topological polar surface area (TPSA) is 119 Å². The summed E-state index contributed by atoms with van der Waals surface area (Å²) < 4.78 is 27.2. The number of aliphatic hydroxyl groups is 1. The van der Waals surface area contributed by atoms with Gasteiger partial charge in [0.15, 0.2) is 5.82 Å². The standard InChI is InChI=1S/C23H26N6O4S2/c1-27-19-14-24-23(26-22(19)28(2)18-9-12-34-20(18)13-21(27)31)25-15-3-5-17(6-4-15)35(32,33)29-10-7-16(30)8-11-29/h3-6,9,12,14,16,30H,7-8,10-11,13H2,1-2H3,(H,24,25,26). The van der Waals surface area contributed by atoms with E-state index in [9.17, 15) is 18.3 Å². The first kappa shape index (κ1) is 23.7. The van der Waals surface area contributed by atoms with Gasteiger partial charge in [-0.25, -0.2) is 13.4 Å². The summed E-state index contributed by atoms with van der Waals surface area (Å²) in [7, 11) is 0.00524. The summed E-state index contributed by atoms with van der Waals surface area (Å²) in [6.07, 6.45) is 2.37.